The number of hydrogen-bond acceptors (Lipinski definition) is 7. The maximum Gasteiger partial charge on any atom is 0.334 e. The fraction of sp³-hybridized carbons (Fsp3) is 0.0833. The van der Waals surface area contributed by atoms with Gasteiger partial charge in [0.1, 0.15) is 17.4 Å². The zero-order valence-corrected chi connectivity index (χ0v) is 16.7. The second-order valence-electron chi connectivity index (χ2n) is 7.23. The molecule has 0 bridgehead atoms. The number of hydrogen-bond donors (Lipinski definition) is 0. The van der Waals surface area contributed by atoms with Crippen LogP contribution in [0.25, 0.3) is 22.5 Å². The Balaban J connectivity index is 1.40. The minimum Gasteiger partial charge on any atom is -0.461 e. The number of nitrogens with zero attached hydrogens (tertiary/aromatic N) is 1. The third-order valence-electron chi connectivity index (χ3n) is 5.23. The first-order valence-corrected chi connectivity index (χ1v) is 9.74. The molecule has 0 fully saturated rings. The molecule has 4 aromatic rings. The zero-order valence-electron chi connectivity index (χ0n) is 16.7. The van der Waals surface area contributed by atoms with Crippen molar-refractivity contribution in [3.05, 3.63) is 88.3 Å². The van der Waals surface area contributed by atoms with Gasteiger partial charge in [0.2, 0.25) is 0 Å². The Kier molecular flexibility index (Phi) is 4.48. The predicted octanol–water partition coefficient (Wildman–Crippen LogP) is 3.64. The molecule has 8 heteroatoms. The molecule has 2 aromatic heterocycles. The van der Waals surface area contributed by atoms with Crippen LogP contribution in [0.5, 0.6) is 5.75 Å². The van der Waals surface area contributed by atoms with Crippen LogP contribution in [0, 0.1) is 0 Å². The summed E-state index contributed by atoms with van der Waals surface area (Å²) in [5.74, 6) is -1.15. The van der Waals surface area contributed by atoms with E-state index in [1.54, 1.807) is 24.3 Å². The van der Waals surface area contributed by atoms with Gasteiger partial charge in [0.25, 0.3) is 11.8 Å². The lowest BCUT2D eigenvalue weighted by Crippen LogP contribution is -2.44. The zero-order chi connectivity index (χ0) is 22.4. The number of fused-ring (bicyclic) bond motifs is 2. The van der Waals surface area contributed by atoms with Gasteiger partial charge in [-0.3, -0.25) is 19.3 Å². The Hall–Kier alpha value is -4.46. The third-order valence-corrected chi connectivity index (χ3v) is 5.23. The van der Waals surface area contributed by atoms with Gasteiger partial charge < -0.3 is 13.6 Å². The van der Waals surface area contributed by atoms with E-state index in [-0.39, 0.29) is 39.0 Å². The number of carbonyl (C=O) groups excluding carboxylic acids is 3. The Bertz CT molecular complexity index is 1410. The molecule has 0 N–H and O–H groups in total. The fourth-order valence-corrected chi connectivity index (χ4v) is 3.61. The van der Waals surface area contributed by atoms with Gasteiger partial charge in [0.05, 0.1) is 22.8 Å². The van der Waals surface area contributed by atoms with E-state index in [9.17, 15) is 19.2 Å². The van der Waals surface area contributed by atoms with Crippen molar-refractivity contribution in [2.45, 2.75) is 13.0 Å². The summed E-state index contributed by atoms with van der Waals surface area (Å²) in [5.41, 5.74) is 0.432. The molecule has 158 valence electrons. The molecular weight excluding hydrogens is 414 g/mol. The van der Waals surface area contributed by atoms with E-state index in [0.717, 1.165) is 4.90 Å². The quantitative estimate of drug-likeness (QED) is 0.277. The third kappa shape index (κ3) is 3.09. The van der Waals surface area contributed by atoms with Gasteiger partial charge in [-0.05, 0) is 49.4 Å². The molecule has 0 aliphatic carbocycles. The van der Waals surface area contributed by atoms with Gasteiger partial charge in [-0.15, -0.1) is 0 Å². The topological polar surface area (TPSA) is 107 Å². The number of ether oxygens (including phenoxy) is 1. The first-order chi connectivity index (χ1) is 15.4. The van der Waals surface area contributed by atoms with Crippen molar-refractivity contribution in [3.63, 3.8) is 0 Å². The molecule has 5 rings (SSSR count). The Morgan fingerprint density at radius 3 is 2.28 bits per heavy atom. The van der Waals surface area contributed by atoms with Crippen LogP contribution in [0.4, 0.5) is 0 Å². The molecule has 2 aromatic carbocycles. The summed E-state index contributed by atoms with van der Waals surface area (Å²) < 4.78 is 16.3. The highest BCUT2D eigenvalue weighted by Crippen LogP contribution is 2.27. The lowest BCUT2D eigenvalue weighted by Gasteiger charge is -2.20. The van der Waals surface area contributed by atoms with E-state index in [1.165, 1.54) is 49.6 Å². The molecule has 1 aliphatic rings. The average Bonchev–Trinajstić information content (AvgIpc) is 3.41. The van der Waals surface area contributed by atoms with Gasteiger partial charge in [-0.1, -0.05) is 12.1 Å². The molecule has 0 unspecified atom stereocenters. The van der Waals surface area contributed by atoms with Crippen LogP contribution in [-0.4, -0.2) is 28.7 Å². The minimum atomic E-state index is -1.16. The predicted molar refractivity (Wildman–Crippen MR) is 112 cm³/mol. The fourth-order valence-electron chi connectivity index (χ4n) is 3.61. The first-order valence-electron chi connectivity index (χ1n) is 9.74. The number of imide groups is 1. The minimum absolute atomic E-state index is 0.0870. The maximum absolute atomic E-state index is 12.7. The molecule has 3 heterocycles. The molecule has 1 aliphatic heterocycles. The van der Waals surface area contributed by atoms with Gasteiger partial charge in [-0.25, -0.2) is 4.79 Å². The van der Waals surface area contributed by atoms with Crippen LogP contribution in [0.15, 0.2) is 80.6 Å². The largest absolute Gasteiger partial charge is 0.461 e. The van der Waals surface area contributed by atoms with Crippen molar-refractivity contribution in [1.82, 2.24) is 4.90 Å². The summed E-state index contributed by atoms with van der Waals surface area (Å²) in [6.45, 7) is 1.41. The van der Waals surface area contributed by atoms with Crippen LogP contribution in [0.3, 0.4) is 0 Å². The van der Waals surface area contributed by atoms with Crippen molar-refractivity contribution in [1.29, 1.82) is 0 Å². The number of amides is 2. The van der Waals surface area contributed by atoms with Gasteiger partial charge >= 0.3 is 5.97 Å². The highest BCUT2D eigenvalue weighted by Gasteiger charge is 2.41. The number of carbonyl (C=O) groups is 3. The first kappa shape index (κ1) is 19.5. The molecule has 0 radical (unpaired) electrons. The molecule has 32 heavy (non-hydrogen) atoms. The summed E-state index contributed by atoms with van der Waals surface area (Å²) in [7, 11) is 0. The van der Waals surface area contributed by atoms with Crippen LogP contribution >= 0.6 is 0 Å². The number of benzene rings is 2. The van der Waals surface area contributed by atoms with E-state index in [2.05, 4.69) is 0 Å². The van der Waals surface area contributed by atoms with Crippen LogP contribution < -0.4 is 10.2 Å². The van der Waals surface area contributed by atoms with E-state index in [0.29, 0.717) is 5.76 Å². The molecule has 0 saturated carbocycles. The van der Waals surface area contributed by atoms with Crippen LogP contribution in [0.2, 0.25) is 0 Å². The smallest absolute Gasteiger partial charge is 0.334 e. The molecule has 8 nitrogen and oxygen atoms in total. The maximum atomic E-state index is 12.7. The number of rotatable bonds is 4. The highest BCUT2D eigenvalue weighted by atomic mass is 16.5. The second kappa shape index (κ2) is 7.35. The molecule has 0 spiro atoms. The van der Waals surface area contributed by atoms with Crippen LogP contribution in [-0.2, 0) is 4.79 Å². The van der Waals surface area contributed by atoms with E-state index < -0.39 is 23.8 Å². The van der Waals surface area contributed by atoms with Gasteiger partial charge in [0.15, 0.2) is 16.9 Å². The molecule has 0 saturated heterocycles. The van der Waals surface area contributed by atoms with Crippen molar-refractivity contribution < 1.29 is 28.0 Å². The van der Waals surface area contributed by atoms with Crippen LogP contribution in [0.1, 0.15) is 27.6 Å². The van der Waals surface area contributed by atoms with Gasteiger partial charge in [0, 0.05) is 6.07 Å². The van der Waals surface area contributed by atoms with E-state index in [1.807, 2.05) is 0 Å². The summed E-state index contributed by atoms with van der Waals surface area (Å²) in [6, 6.07) is 14.2. The Morgan fingerprint density at radius 2 is 1.62 bits per heavy atom. The lowest BCUT2D eigenvalue weighted by molar-refractivity contribution is -0.138. The van der Waals surface area contributed by atoms with Crippen molar-refractivity contribution in [2.24, 2.45) is 0 Å². The Morgan fingerprint density at radius 1 is 0.906 bits per heavy atom. The molecule has 1 atom stereocenters. The lowest BCUT2D eigenvalue weighted by atomic mass is 10.1. The molecular formula is C24H15NO7. The average molecular weight is 429 g/mol. The van der Waals surface area contributed by atoms with Crippen molar-refractivity contribution in [2.75, 3.05) is 0 Å². The van der Waals surface area contributed by atoms with E-state index in [4.69, 9.17) is 13.6 Å². The Labute approximate surface area is 180 Å². The van der Waals surface area contributed by atoms with E-state index >= 15 is 0 Å². The summed E-state index contributed by atoms with van der Waals surface area (Å²) in [4.78, 5) is 51.3. The molecule has 2 amide bonds. The number of esters is 1. The SMILES string of the molecule is C[C@@H](C(=O)Oc1ccc2oc(-c3ccco3)cc(=O)c2c1)N1C(=O)c2ccccc2C1=O. The summed E-state index contributed by atoms with van der Waals surface area (Å²) in [5, 5.41) is 0.207. The summed E-state index contributed by atoms with van der Waals surface area (Å²) >= 11 is 0. The van der Waals surface area contributed by atoms with Crippen molar-refractivity contribution in [3.8, 4) is 17.3 Å². The monoisotopic (exact) mass is 429 g/mol. The standard InChI is InChI=1S/C24H15NO7/c1-13(25-22(27)15-5-2-3-6-16(15)23(25)28)24(29)31-14-8-9-19-17(11-14)18(26)12-21(32-19)20-7-4-10-30-20/h2-13H,1H3/t13-/m0/s1. The second-order valence-corrected chi connectivity index (χ2v) is 7.23. The normalized spacial score (nSPS) is 14.0. The van der Waals surface area contributed by atoms with Gasteiger partial charge in [-0.2, -0.15) is 0 Å². The number of furan rings is 1. The highest BCUT2D eigenvalue weighted by molar-refractivity contribution is 6.22. The summed E-state index contributed by atoms with van der Waals surface area (Å²) in [6.07, 6.45) is 1.47. The van der Waals surface area contributed by atoms with Crippen molar-refractivity contribution >= 4 is 28.8 Å².